The first-order valence-corrected chi connectivity index (χ1v) is 9.48. The standard InChI is InChI=1S/C22H21N5O3/c1-14(28)27-12-11-15-7-3-4-8-16(15)18(27)13-20(29)23-22-24-21(25-26-22)17-9-5-6-10-19(17)30-2/h3-12,18H,13H2,1-2H3,(H2,23,24,25,26,29). The lowest BCUT2D eigenvalue weighted by atomic mass is 9.93. The van der Waals surface area contributed by atoms with Crippen LogP contribution in [0.2, 0.25) is 0 Å². The van der Waals surface area contributed by atoms with Crippen molar-refractivity contribution >= 4 is 23.8 Å². The molecule has 8 nitrogen and oxygen atoms in total. The number of para-hydroxylation sites is 1. The van der Waals surface area contributed by atoms with E-state index in [0.29, 0.717) is 11.6 Å². The van der Waals surface area contributed by atoms with Crippen LogP contribution >= 0.6 is 0 Å². The minimum atomic E-state index is -0.392. The van der Waals surface area contributed by atoms with Crippen molar-refractivity contribution < 1.29 is 14.3 Å². The van der Waals surface area contributed by atoms with E-state index in [1.165, 1.54) is 6.92 Å². The first-order chi connectivity index (χ1) is 14.6. The zero-order chi connectivity index (χ0) is 21.1. The van der Waals surface area contributed by atoms with E-state index in [0.717, 1.165) is 16.7 Å². The largest absolute Gasteiger partial charge is 0.496 e. The summed E-state index contributed by atoms with van der Waals surface area (Å²) in [5.74, 6) is 0.875. The van der Waals surface area contributed by atoms with Crippen LogP contribution in [0.1, 0.15) is 30.5 Å². The number of nitrogens with one attached hydrogen (secondary N) is 2. The molecule has 1 atom stereocenters. The number of ether oxygens (including phenoxy) is 1. The summed E-state index contributed by atoms with van der Waals surface area (Å²) in [6, 6.07) is 14.7. The minimum absolute atomic E-state index is 0.0828. The molecule has 1 aliphatic rings. The Labute approximate surface area is 173 Å². The van der Waals surface area contributed by atoms with Gasteiger partial charge in [0.15, 0.2) is 5.82 Å². The first-order valence-electron chi connectivity index (χ1n) is 9.48. The highest BCUT2D eigenvalue weighted by molar-refractivity contribution is 5.90. The lowest BCUT2D eigenvalue weighted by Gasteiger charge is -2.32. The van der Waals surface area contributed by atoms with Gasteiger partial charge < -0.3 is 9.64 Å². The summed E-state index contributed by atoms with van der Waals surface area (Å²) in [6.07, 6.45) is 3.68. The maximum absolute atomic E-state index is 12.7. The molecular formula is C22H21N5O3. The van der Waals surface area contributed by atoms with E-state index in [1.807, 2.05) is 54.6 Å². The third kappa shape index (κ3) is 3.80. The number of carbonyl (C=O) groups excluding carboxylic acids is 2. The van der Waals surface area contributed by atoms with Gasteiger partial charge in [-0.05, 0) is 29.3 Å². The van der Waals surface area contributed by atoms with E-state index in [4.69, 9.17) is 4.74 Å². The van der Waals surface area contributed by atoms with Gasteiger partial charge in [-0.2, -0.15) is 4.98 Å². The molecule has 152 valence electrons. The summed E-state index contributed by atoms with van der Waals surface area (Å²) >= 11 is 0. The smallest absolute Gasteiger partial charge is 0.249 e. The zero-order valence-corrected chi connectivity index (χ0v) is 16.6. The lowest BCUT2D eigenvalue weighted by Crippen LogP contribution is -2.33. The number of hydrogen-bond acceptors (Lipinski definition) is 5. The molecular weight excluding hydrogens is 382 g/mol. The van der Waals surface area contributed by atoms with Gasteiger partial charge in [-0.25, -0.2) is 0 Å². The molecule has 0 fully saturated rings. The molecule has 0 spiro atoms. The fourth-order valence-corrected chi connectivity index (χ4v) is 3.54. The zero-order valence-electron chi connectivity index (χ0n) is 16.6. The highest BCUT2D eigenvalue weighted by Gasteiger charge is 2.28. The van der Waals surface area contributed by atoms with E-state index in [-0.39, 0.29) is 24.2 Å². The summed E-state index contributed by atoms with van der Waals surface area (Å²) in [7, 11) is 1.58. The molecule has 1 aromatic heterocycles. The third-order valence-corrected chi connectivity index (χ3v) is 4.95. The second-order valence-corrected chi connectivity index (χ2v) is 6.85. The Morgan fingerprint density at radius 1 is 1.17 bits per heavy atom. The fraction of sp³-hybridized carbons (Fsp3) is 0.182. The number of carbonyl (C=O) groups is 2. The van der Waals surface area contributed by atoms with Crippen molar-refractivity contribution in [2.45, 2.75) is 19.4 Å². The van der Waals surface area contributed by atoms with E-state index in [1.54, 1.807) is 18.2 Å². The number of nitrogens with zero attached hydrogens (tertiary/aromatic N) is 3. The number of aromatic amines is 1. The van der Waals surface area contributed by atoms with Crippen molar-refractivity contribution in [3.63, 3.8) is 0 Å². The molecule has 4 rings (SSSR count). The van der Waals surface area contributed by atoms with Crippen molar-refractivity contribution in [2.75, 3.05) is 12.4 Å². The molecule has 2 aromatic carbocycles. The van der Waals surface area contributed by atoms with Crippen LogP contribution in [0.3, 0.4) is 0 Å². The predicted molar refractivity (Wildman–Crippen MR) is 112 cm³/mol. The SMILES string of the molecule is COc1ccccc1-c1nc(NC(=O)CC2c3ccccc3C=CN2C(C)=O)n[nH]1. The average Bonchev–Trinajstić information content (AvgIpc) is 3.21. The summed E-state index contributed by atoms with van der Waals surface area (Å²) in [5.41, 5.74) is 2.65. The quantitative estimate of drug-likeness (QED) is 0.680. The highest BCUT2D eigenvalue weighted by Crippen LogP contribution is 2.33. The van der Waals surface area contributed by atoms with Gasteiger partial charge in [0.05, 0.1) is 25.1 Å². The molecule has 2 heterocycles. The van der Waals surface area contributed by atoms with Gasteiger partial charge in [0.25, 0.3) is 0 Å². The van der Waals surface area contributed by atoms with Gasteiger partial charge in [0.1, 0.15) is 5.75 Å². The number of rotatable bonds is 5. The molecule has 0 bridgehead atoms. The van der Waals surface area contributed by atoms with Crippen LogP contribution in [0.4, 0.5) is 5.95 Å². The van der Waals surface area contributed by atoms with Gasteiger partial charge in [-0.1, -0.05) is 36.4 Å². The fourth-order valence-electron chi connectivity index (χ4n) is 3.54. The lowest BCUT2D eigenvalue weighted by molar-refractivity contribution is -0.129. The molecule has 8 heteroatoms. The Bertz CT molecular complexity index is 1120. The third-order valence-electron chi connectivity index (χ3n) is 4.95. The highest BCUT2D eigenvalue weighted by atomic mass is 16.5. The molecule has 0 saturated carbocycles. The molecule has 30 heavy (non-hydrogen) atoms. The van der Waals surface area contributed by atoms with Gasteiger partial charge >= 0.3 is 0 Å². The number of anilines is 1. The Hall–Kier alpha value is -3.94. The molecule has 0 radical (unpaired) electrons. The summed E-state index contributed by atoms with van der Waals surface area (Å²) in [4.78, 5) is 30.7. The topological polar surface area (TPSA) is 100 Å². The van der Waals surface area contributed by atoms with Crippen LogP contribution in [0.15, 0.2) is 54.7 Å². The second-order valence-electron chi connectivity index (χ2n) is 6.85. The van der Waals surface area contributed by atoms with Crippen molar-refractivity contribution in [1.82, 2.24) is 20.1 Å². The van der Waals surface area contributed by atoms with Gasteiger partial charge in [-0.3, -0.25) is 20.0 Å². The number of benzene rings is 2. The van der Waals surface area contributed by atoms with Crippen LogP contribution in [-0.2, 0) is 9.59 Å². The number of fused-ring (bicyclic) bond motifs is 1. The number of hydrogen-bond donors (Lipinski definition) is 2. The van der Waals surface area contributed by atoms with Crippen molar-refractivity contribution in [1.29, 1.82) is 0 Å². The Kier molecular flexibility index (Phi) is 5.30. The normalized spacial score (nSPS) is 14.9. The molecule has 0 saturated heterocycles. The van der Waals surface area contributed by atoms with Crippen molar-refractivity contribution in [2.24, 2.45) is 0 Å². The van der Waals surface area contributed by atoms with E-state index in [9.17, 15) is 9.59 Å². The predicted octanol–water partition coefficient (Wildman–Crippen LogP) is 3.38. The van der Waals surface area contributed by atoms with E-state index in [2.05, 4.69) is 20.5 Å². The number of methoxy groups -OCH3 is 1. The molecule has 1 aliphatic heterocycles. The molecule has 2 N–H and O–H groups in total. The number of amides is 2. The maximum Gasteiger partial charge on any atom is 0.249 e. The van der Waals surface area contributed by atoms with Gasteiger partial charge in [0.2, 0.25) is 17.8 Å². The molecule has 3 aromatic rings. The van der Waals surface area contributed by atoms with Crippen molar-refractivity contribution in [3.05, 3.63) is 65.9 Å². The first kappa shape index (κ1) is 19.4. The Morgan fingerprint density at radius 2 is 1.93 bits per heavy atom. The summed E-state index contributed by atoms with van der Waals surface area (Å²) in [5, 5.41) is 9.61. The maximum atomic E-state index is 12.7. The molecule has 1 unspecified atom stereocenters. The monoisotopic (exact) mass is 403 g/mol. The van der Waals surface area contributed by atoms with Crippen LogP contribution in [0, 0.1) is 0 Å². The van der Waals surface area contributed by atoms with Gasteiger partial charge in [0, 0.05) is 13.1 Å². The summed E-state index contributed by atoms with van der Waals surface area (Å²) in [6.45, 7) is 1.48. The number of H-pyrrole nitrogens is 1. The molecule has 2 amide bonds. The Morgan fingerprint density at radius 3 is 2.73 bits per heavy atom. The minimum Gasteiger partial charge on any atom is -0.496 e. The Balaban J connectivity index is 1.52. The van der Waals surface area contributed by atoms with E-state index < -0.39 is 6.04 Å². The van der Waals surface area contributed by atoms with Crippen LogP contribution < -0.4 is 10.1 Å². The summed E-state index contributed by atoms with van der Waals surface area (Å²) < 4.78 is 5.34. The van der Waals surface area contributed by atoms with Crippen LogP contribution in [0.5, 0.6) is 5.75 Å². The number of aromatic nitrogens is 3. The van der Waals surface area contributed by atoms with Gasteiger partial charge in [-0.15, -0.1) is 5.10 Å². The van der Waals surface area contributed by atoms with Crippen molar-refractivity contribution in [3.8, 4) is 17.1 Å². The molecule has 0 aliphatic carbocycles. The second kappa shape index (κ2) is 8.20. The van der Waals surface area contributed by atoms with E-state index >= 15 is 0 Å². The van der Waals surface area contributed by atoms with Crippen LogP contribution in [0.25, 0.3) is 17.5 Å². The van der Waals surface area contributed by atoms with Crippen LogP contribution in [-0.4, -0.2) is 39.0 Å². The average molecular weight is 403 g/mol.